The van der Waals surface area contributed by atoms with Gasteiger partial charge in [0.05, 0.1) is 11.4 Å². The predicted molar refractivity (Wildman–Crippen MR) is 269 cm³/mol. The molecule has 308 valence electrons. The molecule has 1 unspecified atom stereocenters. The van der Waals surface area contributed by atoms with Gasteiger partial charge in [0.25, 0.3) is 0 Å². The monoisotopic (exact) mass is 842 g/mol. The van der Waals surface area contributed by atoms with Crippen LogP contribution in [0.25, 0.3) is 44.5 Å². The Hall–Kier alpha value is -7.19. The van der Waals surface area contributed by atoms with E-state index < -0.39 is 7.29 Å². The lowest BCUT2D eigenvalue weighted by molar-refractivity contribution is 0.587. The molecule has 2 aliphatic carbocycles. The van der Waals surface area contributed by atoms with Crippen molar-refractivity contribution in [2.75, 3.05) is 9.57 Å². The molecule has 0 bridgehead atoms. The van der Waals surface area contributed by atoms with Crippen LogP contribution in [-0.4, -0.2) is 0 Å². The number of nitrogens with zero attached hydrogens (tertiary/aromatic N) is 2. The fraction of sp³-hybridized carbons (Fsp3) is 0.100. The Labute approximate surface area is 376 Å². The Morgan fingerprint density at radius 3 is 1.73 bits per heavy atom. The normalized spacial score (nSPS) is 16.8. The van der Waals surface area contributed by atoms with E-state index in [1.165, 1.54) is 50.2 Å². The molecular formula is C60H47N2OP. The van der Waals surface area contributed by atoms with Crippen molar-refractivity contribution in [3.63, 3.8) is 0 Å². The molecule has 3 aliphatic rings. The first kappa shape index (κ1) is 38.5. The second-order valence-electron chi connectivity index (χ2n) is 18.5. The number of rotatable bonds is 6. The maximum Gasteiger partial charge on any atom is 0.234 e. The third-order valence-electron chi connectivity index (χ3n) is 14.2. The first-order valence-corrected chi connectivity index (χ1v) is 24.0. The SMILES string of the molecule is CC1(C)c2ccccc2-c2ccc(N(c3ccc(-c4ccc5c(c4)-c4ccccc4P(=O)(c4ccccc4)N5c4ccccc4)cc3)c3cccc4c3-c3ccccc3C4(C)C)cc21. The lowest BCUT2D eigenvalue weighted by Crippen LogP contribution is -2.33. The zero-order valence-corrected chi connectivity index (χ0v) is 37.4. The summed E-state index contributed by atoms with van der Waals surface area (Å²) in [7, 11) is -3.32. The molecular weight excluding hydrogens is 796 g/mol. The number of hydrogen-bond acceptors (Lipinski definition) is 2. The van der Waals surface area contributed by atoms with Crippen LogP contribution in [0, 0.1) is 0 Å². The molecule has 12 rings (SSSR count). The van der Waals surface area contributed by atoms with Crippen LogP contribution in [0.15, 0.2) is 212 Å². The van der Waals surface area contributed by atoms with Gasteiger partial charge in [-0.15, -0.1) is 0 Å². The molecule has 3 nitrogen and oxygen atoms in total. The van der Waals surface area contributed by atoms with Gasteiger partial charge >= 0.3 is 0 Å². The zero-order valence-electron chi connectivity index (χ0n) is 36.5. The van der Waals surface area contributed by atoms with Gasteiger partial charge in [0, 0.05) is 49.6 Å². The fourth-order valence-electron chi connectivity index (χ4n) is 11.1. The van der Waals surface area contributed by atoms with E-state index in [1.807, 2.05) is 54.6 Å². The maximum absolute atomic E-state index is 15.9. The van der Waals surface area contributed by atoms with Crippen molar-refractivity contribution >= 4 is 46.3 Å². The van der Waals surface area contributed by atoms with Crippen molar-refractivity contribution in [2.45, 2.75) is 38.5 Å². The molecule has 0 radical (unpaired) electrons. The minimum Gasteiger partial charge on any atom is -0.310 e. The third kappa shape index (κ3) is 5.50. The standard InChI is InChI=1S/C60H47N2OP/c1-59(2)52-26-15-12-24-49(52)58-53(59)27-17-28-56(58)61(44-35-36-47-46-22-11-14-25-51(46)60(3,4)54(47)39-44)42-33-30-40(31-34-42)41-32-37-55-50(38-41)48-23-13-16-29-57(48)64(63,45-20-9-6-10-21-45)62(55)43-18-7-5-8-19-43/h5-39H,1-4H3. The summed E-state index contributed by atoms with van der Waals surface area (Å²) in [6.45, 7) is 9.42. The van der Waals surface area contributed by atoms with E-state index >= 15 is 4.57 Å². The maximum atomic E-state index is 15.9. The summed E-state index contributed by atoms with van der Waals surface area (Å²) in [6.07, 6.45) is 0. The van der Waals surface area contributed by atoms with E-state index in [1.54, 1.807) is 0 Å². The fourth-order valence-corrected chi connectivity index (χ4v) is 14.1. The number of fused-ring (bicyclic) bond motifs is 9. The van der Waals surface area contributed by atoms with E-state index in [4.69, 9.17) is 0 Å². The molecule has 0 fully saturated rings. The number of para-hydroxylation sites is 1. The summed E-state index contributed by atoms with van der Waals surface area (Å²) in [6, 6.07) is 75.9. The first-order valence-electron chi connectivity index (χ1n) is 22.3. The van der Waals surface area contributed by atoms with E-state index in [9.17, 15) is 0 Å². The van der Waals surface area contributed by atoms with E-state index in [0.717, 1.165) is 55.6 Å². The highest BCUT2D eigenvalue weighted by molar-refractivity contribution is 7.80. The van der Waals surface area contributed by atoms with E-state index in [-0.39, 0.29) is 10.8 Å². The number of anilines is 5. The minimum atomic E-state index is -3.32. The second-order valence-corrected chi connectivity index (χ2v) is 21.0. The van der Waals surface area contributed by atoms with Gasteiger partial charge in [-0.3, -0.25) is 9.24 Å². The molecule has 64 heavy (non-hydrogen) atoms. The van der Waals surface area contributed by atoms with Crippen molar-refractivity contribution < 1.29 is 4.57 Å². The molecule has 0 N–H and O–H groups in total. The molecule has 4 heteroatoms. The third-order valence-corrected chi connectivity index (χ3v) is 17.3. The van der Waals surface area contributed by atoms with Crippen LogP contribution >= 0.6 is 7.29 Å². The topological polar surface area (TPSA) is 23.6 Å². The van der Waals surface area contributed by atoms with Gasteiger partial charge < -0.3 is 4.90 Å². The van der Waals surface area contributed by atoms with Crippen LogP contribution in [0.5, 0.6) is 0 Å². The van der Waals surface area contributed by atoms with Crippen LogP contribution in [0.3, 0.4) is 0 Å². The van der Waals surface area contributed by atoms with Crippen LogP contribution in [0.2, 0.25) is 0 Å². The Kier molecular flexibility index (Phi) is 8.51. The van der Waals surface area contributed by atoms with Crippen molar-refractivity contribution in [3.05, 3.63) is 235 Å². The average Bonchev–Trinajstić information content (AvgIpc) is 3.72. The van der Waals surface area contributed by atoms with Crippen molar-refractivity contribution in [3.8, 4) is 44.5 Å². The predicted octanol–water partition coefficient (Wildman–Crippen LogP) is 15.5. The lowest BCUT2D eigenvalue weighted by atomic mass is 9.82. The quantitative estimate of drug-likeness (QED) is 0.156. The summed E-state index contributed by atoms with van der Waals surface area (Å²) in [5.41, 5.74) is 19.9. The zero-order chi connectivity index (χ0) is 43.4. The van der Waals surface area contributed by atoms with Gasteiger partial charge in [0.15, 0.2) is 0 Å². The van der Waals surface area contributed by atoms with Crippen molar-refractivity contribution in [1.29, 1.82) is 0 Å². The first-order chi connectivity index (χ1) is 31.2. The molecule has 0 aromatic heterocycles. The van der Waals surface area contributed by atoms with Crippen LogP contribution in [-0.2, 0) is 15.4 Å². The molecule has 1 heterocycles. The Balaban J connectivity index is 1.01. The van der Waals surface area contributed by atoms with Crippen LogP contribution in [0.4, 0.5) is 28.4 Å². The average molecular weight is 843 g/mol. The van der Waals surface area contributed by atoms with E-state index in [0.29, 0.717) is 0 Å². The highest BCUT2D eigenvalue weighted by Gasteiger charge is 2.43. The largest absolute Gasteiger partial charge is 0.310 e. The molecule has 0 saturated heterocycles. The summed E-state index contributed by atoms with van der Waals surface area (Å²) < 4.78 is 18.0. The molecule has 1 aliphatic heterocycles. The van der Waals surface area contributed by atoms with Gasteiger partial charge in [-0.05, 0) is 128 Å². The summed E-state index contributed by atoms with van der Waals surface area (Å²) >= 11 is 0. The Morgan fingerprint density at radius 2 is 0.984 bits per heavy atom. The van der Waals surface area contributed by atoms with Crippen LogP contribution in [0.1, 0.15) is 49.9 Å². The van der Waals surface area contributed by atoms with Gasteiger partial charge in [0.1, 0.15) is 0 Å². The van der Waals surface area contributed by atoms with Gasteiger partial charge in [0.2, 0.25) is 7.29 Å². The highest BCUT2D eigenvalue weighted by atomic mass is 31.2. The van der Waals surface area contributed by atoms with Crippen molar-refractivity contribution in [2.24, 2.45) is 0 Å². The molecule has 0 saturated carbocycles. The Morgan fingerprint density at radius 1 is 0.422 bits per heavy atom. The van der Waals surface area contributed by atoms with Crippen molar-refractivity contribution in [1.82, 2.24) is 0 Å². The summed E-state index contributed by atoms with van der Waals surface area (Å²) in [4.78, 5) is 2.47. The second kappa shape index (κ2) is 14.2. The number of hydrogen-bond donors (Lipinski definition) is 0. The lowest BCUT2D eigenvalue weighted by Gasteiger charge is -2.40. The minimum absolute atomic E-state index is 0.130. The van der Waals surface area contributed by atoms with E-state index in [2.05, 4.69) is 195 Å². The van der Waals surface area contributed by atoms with Gasteiger partial charge in [-0.25, -0.2) is 0 Å². The smallest absolute Gasteiger partial charge is 0.234 e. The number of benzene rings is 9. The molecule has 0 spiro atoms. The Bertz CT molecular complexity index is 3370. The molecule has 9 aromatic carbocycles. The molecule has 9 aromatic rings. The van der Waals surface area contributed by atoms with Crippen LogP contribution < -0.4 is 20.2 Å². The highest BCUT2D eigenvalue weighted by Crippen LogP contribution is 2.62. The van der Waals surface area contributed by atoms with Gasteiger partial charge in [-0.2, -0.15) is 0 Å². The summed E-state index contributed by atoms with van der Waals surface area (Å²) in [5.74, 6) is 0. The van der Waals surface area contributed by atoms with Gasteiger partial charge in [-0.1, -0.05) is 167 Å². The molecule has 1 atom stereocenters. The molecule has 0 amide bonds. The summed E-state index contributed by atoms with van der Waals surface area (Å²) in [5, 5.41) is 1.66.